The maximum absolute atomic E-state index is 13.9. The lowest BCUT2D eigenvalue weighted by atomic mass is 9.93. The zero-order valence-corrected chi connectivity index (χ0v) is 42.2. The van der Waals surface area contributed by atoms with Crippen molar-refractivity contribution in [2.75, 3.05) is 12.3 Å². The van der Waals surface area contributed by atoms with Crippen LogP contribution in [0.15, 0.2) is 4.99 Å². The lowest BCUT2D eigenvalue weighted by molar-refractivity contribution is -0.165. The molecule has 2 aliphatic heterocycles. The Morgan fingerprint density at radius 1 is 0.682 bits per heavy atom. The van der Waals surface area contributed by atoms with E-state index in [0.717, 1.165) is 38.5 Å². The molecule has 376 valence electrons. The number of esters is 2. The first-order valence-electron chi connectivity index (χ1n) is 27.7. The minimum atomic E-state index is -1.39. The molecule has 9 nitrogen and oxygen atoms in total. The van der Waals surface area contributed by atoms with Gasteiger partial charge in [0.2, 0.25) is 0 Å². The number of aromatic nitrogens is 2. The zero-order valence-electron chi connectivity index (χ0n) is 42.2. The smallest absolute Gasteiger partial charge is 0.310 e. The number of hydrogen-bond donors (Lipinski definition) is 1. The number of aliphatic imine (C=N–C) groups is 1. The molecule has 1 fully saturated rings. The summed E-state index contributed by atoms with van der Waals surface area (Å²) in [5, 5.41) is 0. The first-order chi connectivity index (χ1) is 32.3. The molecule has 3 rings (SSSR count). The van der Waals surface area contributed by atoms with Crippen molar-refractivity contribution in [2.24, 2.45) is 10.9 Å². The third-order valence-electron chi connectivity index (χ3n) is 14.0. The van der Waals surface area contributed by atoms with E-state index < -0.39 is 17.8 Å². The van der Waals surface area contributed by atoms with Crippen LogP contribution < -0.4 is 5.73 Å². The van der Waals surface area contributed by atoms with E-state index in [1.807, 2.05) is 0 Å². The Balaban J connectivity index is 1.35. The molecule has 1 saturated heterocycles. The van der Waals surface area contributed by atoms with E-state index in [0.29, 0.717) is 49.9 Å². The average molecular weight is 923 g/mol. The molecule has 0 amide bonds. The molecule has 3 heterocycles. The number of anilines is 1. The summed E-state index contributed by atoms with van der Waals surface area (Å²) in [5.74, 6) is 2.11. The number of fused-ring (bicyclic) bond motifs is 1. The van der Waals surface area contributed by atoms with Crippen LogP contribution in [-0.2, 0) is 30.2 Å². The number of hydrogen-bond acceptors (Lipinski definition) is 9. The minimum absolute atomic E-state index is 0.0149. The standard InChI is InChI=1S/C56H95FN4O5/c1-4-7-9-11-13-15-17-19-21-23-25-27-29-31-33-35-37-39-51(62)64-46-56(6-3)50(44-48(66-56)43-47-41-42-49-53(59-45-47)54(58)61-55(57)60-49)65-52(63)40-38-36-34-32-30-28-26-24-22-20-18-16-14-12-10-8-5-2/h3,45,47-48,50H,4-5,7-44,46H2,1-2H3,(H2,58,60,61)/t47?,48-,50-,56+/m0/s1. The van der Waals surface area contributed by atoms with Gasteiger partial charge in [-0.2, -0.15) is 9.37 Å². The SMILES string of the molecule is C#C[C@]1(COC(=O)CCCCCCCCCCCCCCCCCCC)O[C@@H](CC2C=Nc3c(N)nc(F)nc3CC2)C[C@@H]1OC(=O)CCCCCCCCCCCCCCCCCCC. The van der Waals surface area contributed by atoms with Gasteiger partial charge in [-0.25, -0.2) is 4.98 Å². The fourth-order valence-corrected chi connectivity index (χ4v) is 9.80. The highest BCUT2D eigenvalue weighted by atomic mass is 19.1. The highest BCUT2D eigenvalue weighted by Gasteiger charge is 2.51. The molecule has 66 heavy (non-hydrogen) atoms. The Kier molecular flexibility index (Phi) is 32.0. The number of nitrogens with zero attached hydrogens (tertiary/aromatic N) is 3. The summed E-state index contributed by atoms with van der Waals surface area (Å²) in [5.41, 5.74) is 5.45. The van der Waals surface area contributed by atoms with Crippen LogP contribution in [-0.4, -0.2) is 52.5 Å². The largest absolute Gasteiger partial charge is 0.461 e. The van der Waals surface area contributed by atoms with Crippen LogP contribution in [0.25, 0.3) is 0 Å². The number of nitrogens with two attached hydrogens (primary N) is 1. The Labute approximate surface area is 402 Å². The number of halogens is 1. The van der Waals surface area contributed by atoms with Crippen LogP contribution in [0.3, 0.4) is 0 Å². The number of terminal acetylenes is 1. The highest BCUT2D eigenvalue weighted by Crippen LogP contribution is 2.38. The lowest BCUT2D eigenvalue weighted by Crippen LogP contribution is -2.45. The van der Waals surface area contributed by atoms with E-state index in [9.17, 15) is 14.0 Å². The van der Waals surface area contributed by atoms with Gasteiger partial charge in [-0.05, 0) is 38.0 Å². The molecule has 10 heteroatoms. The fraction of sp³-hybridized carbons (Fsp3) is 0.839. The van der Waals surface area contributed by atoms with Gasteiger partial charge in [0, 0.05) is 25.5 Å². The monoisotopic (exact) mass is 923 g/mol. The van der Waals surface area contributed by atoms with Gasteiger partial charge in [-0.3, -0.25) is 14.6 Å². The van der Waals surface area contributed by atoms with Gasteiger partial charge in [0.1, 0.15) is 18.4 Å². The first kappa shape index (κ1) is 57.3. The number of carbonyl (C=O) groups excluding carboxylic acids is 2. The van der Waals surface area contributed by atoms with Crippen molar-refractivity contribution in [3.63, 3.8) is 0 Å². The second kappa shape index (κ2) is 36.9. The molecule has 1 aromatic heterocycles. The molecule has 1 unspecified atom stereocenters. The van der Waals surface area contributed by atoms with E-state index >= 15 is 0 Å². The maximum atomic E-state index is 13.9. The molecule has 0 aliphatic carbocycles. The summed E-state index contributed by atoms with van der Waals surface area (Å²) in [7, 11) is 0. The van der Waals surface area contributed by atoms with E-state index in [2.05, 4.69) is 34.7 Å². The molecule has 0 aromatic carbocycles. The van der Waals surface area contributed by atoms with Gasteiger partial charge < -0.3 is 19.9 Å². The van der Waals surface area contributed by atoms with Crippen molar-refractivity contribution in [3.05, 3.63) is 11.8 Å². The van der Waals surface area contributed by atoms with Gasteiger partial charge >= 0.3 is 18.0 Å². The van der Waals surface area contributed by atoms with Crippen LogP contribution in [0.1, 0.15) is 270 Å². The summed E-state index contributed by atoms with van der Waals surface area (Å²) in [6.45, 7) is 4.37. The number of aryl methyl sites for hydroxylation is 1. The van der Waals surface area contributed by atoms with Gasteiger partial charge in [0.25, 0.3) is 0 Å². The second-order valence-electron chi connectivity index (χ2n) is 19.9. The summed E-state index contributed by atoms with van der Waals surface area (Å²) in [6.07, 6.45) is 52.1. The topological polar surface area (TPSA) is 126 Å². The normalized spacial score (nSPS) is 19.1. The van der Waals surface area contributed by atoms with Gasteiger partial charge in [0.05, 0.1) is 11.8 Å². The molecule has 4 atom stereocenters. The number of ether oxygens (including phenoxy) is 3. The summed E-state index contributed by atoms with van der Waals surface area (Å²) in [4.78, 5) is 38.4. The Morgan fingerprint density at radius 2 is 1.11 bits per heavy atom. The molecule has 0 bridgehead atoms. The Bertz CT molecular complexity index is 1500. The van der Waals surface area contributed by atoms with Gasteiger partial charge in [0.15, 0.2) is 11.4 Å². The summed E-state index contributed by atoms with van der Waals surface area (Å²) >= 11 is 0. The van der Waals surface area contributed by atoms with E-state index in [-0.39, 0.29) is 36.4 Å². The van der Waals surface area contributed by atoms with E-state index in [1.165, 1.54) is 180 Å². The van der Waals surface area contributed by atoms with E-state index in [1.54, 1.807) is 6.21 Å². The quantitative estimate of drug-likeness (QED) is 0.0298. The number of carbonyl (C=O) groups is 2. The maximum Gasteiger partial charge on any atom is 0.310 e. The molecule has 2 aliphatic rings. The first-order valence-corrected chi connectivity index (χ1v) is 27.7. The Morgan fingerprint density at radius 3 is 1.55 bits per heavy atom. The van der Waals surface area contributed by atoms with Crippen molar-refractivity contribution in [1.82, 2.24) is 9.97 Å². The minimum Gasteiger partial charge on any atom is -0.461 e. The fourth-order valence-electron chi connectivity index (χ4n) is 9.80. The molecule has 1 aromatic rings. The number of unbranched alkanes of at least 4 members (excludes halogenated alkanes) is 32. The van der Waals surface area contributed by atoms with Crippen molar-refractivity contribution in [2.45, 2.75) is 288 Å². The molecular formula is C56H95FN4O5. The van der Waals surface area contributed by atoms with Crippen LogP contribution in [0.4, 0.5) is 15.9 Å². The predicted molar refractivity (Wildman–Crippen MR) is 270 cm³/mol. The third kappa shape index (κ3) is 25.3. The molecule has 0 radical (unpaired) electrons. The average Bonchev–Trinajstić information content (AvgIpc) is 3.50. The molecular weight excluding hydrogens is 828 g/mol. The van der Waals surface area contributed by atoms with Crippen LogP contribution in [0, 0.1) is 24.3 Å². The lowest BCUT2D eigenvalue weighted by Gasteiger charge is -2.29. The predicted octanol–water partition coefficient (Wildman–Crippen LogP) is 15.6. The second-order valence-corrected chi connectivity index (χ2v) is 19.9. The van der Waals surface area contributed by atoms with Crippen LogP contribution in [0.2, 0.25) is 0 Å². The highest BCUT2D eigenvalue weighted by molar-refractivity contribution is 5.73. The number of nitrogen functional groups attached to an aromatic ring is 1. The summed E-state index contributed by atoms with van der Waals surface area (Å²) in [6, 6.07) is 0. The van der Waals surface area contributed by atoms with E-state index in [4.69, 9.17) is 26.4 Å². The molecule has 0 saturated carbocycles. The third-order valence-corrected chi connectivity index (χ3v) is 14.0. The van der Waals surface area contributed by atoms with Crippen molar-refractivity contribution >= 4 is 29.7 Å². The van der Waals surface area contributed by atoms with Crippen LogP contribution in [0.5, 0.6) is 0 Å². The van der Waals surface area contributed by atoms with Gasteiger partial charge in [-0.1, -0.05) is 225 Å². The molecule has 2 N–H and O–H groups in total. The zero-order chi connectivity index (χ0) is 47.3. The van der Waals surface area contributed by atoms with Crippen molar-refractivity contribution < 1.29 is 28.2 Å². The van der Waals surface area contributed by atoms with Crippen molar-refractivity contribution in [3.8, 4) is 12.3 Å². The Hall–Kier alpha value is -3.06. The number of rotatable bonds is 41. The van der Waals surface area contributed by atoms with Crippen LogP contribution >= 0.6 is 0 Å². The van der Waals surface area contributed by atoms with Crippen molar-refractivity contribution in [1.29, 1.82) is 0 Å². The van der Waals surface area contributed by atoms with Gasteiger partial charge in [-0.15, -0.1) is 6.42 Å². The molecule has 0 spiro atoms. The summed E-state index contributed by atoms with van der Waals surface area (Å²) < 4.78 is 32.3.